The molecule has 1 saturated heterocycles. The highest BCUT2D eigenvalue weighted by Crippen LogP contribution is 2.34. The van der Waals surface area contributed by atoms with Gasteiger partial charge < -0.3 is 19.1 Å². The second-order valence-electron chi connectivity index (χ2n) is 5.30. The number of carbonyl (C=O) groups excluding carboxylic acids is 1. The summed E-state index contributed by atoms with van der Waals surface area (Å²) in [6.07, 6.45) is 1.29. The Morgan fingerprint density at radius 3 is 2.76 bits per heavy atom. The van der Waals surface area contributed by atoms with Crippen LogP contribution >= 0.6 is 0 Å². The summed E-state index contributed by atoms with van der Waals surface area (Å²) < 4.78 is 16.3. The monoisotopic (exact) mass is 289 g/mol. The van der Waals surface area contributed by atoms with Crippen molar-refractivity contribution < 1.29 is 19.0 Å². The summed E-state index contributed by atoms with van der Waals surface area (Å²) in [5, 5.41) is 0. The molecule has 1 aromatic rings. The average Bonchev–Trinajstić information content (AvgIpc) is 2.51. The van der Waals surface area contributed by atoms with E-state index in [2.05, 4.69) is 0 Å². The summed E-state index contributed by atoms with van der Waals surface area (Å²) in [5.41, 5.74) is 1.10. The van der Waals surface area contributed by atoms with Gasteiger partial charge >= 0.3 is 0 Å². The van der Waals surface area contributed by atoms with E-state index in [-0.39, 0.29) is 24.8 Å². The van der Waals surface area contributed by atoms with Crippen LogP contribution in [0.25, 0.3) is 0 Å². The van der Waals surface area contributed by atoms with Gasteiger partial charge in [0.1, 0.15) is 18.9 Å². The lowest BCUT2D eigenvalue weighted by atomic mass is 9.89. The van der Waals surface area contributed by atoms with E-state index in [0.29, 0.717) is 6.54 Å². The Kier molecular flexibility index (Phi) is 3.94. The molecule has 3 rings (SSSR count). The molecular formula is C16H19NO4. The van der Waals surface area contributed by atoms with Crippen LogP contribution in [0.3, 0.4) is 0 Å². The average molecular weight is 289 g/mol. The molecule has 1 amide bonds. The summed E-state index contributed by atoms with van der Waals surface area (Å²) in [6.45, 7) is 2.61. The molecule has 2 aliphatic rings. The Balaban J connectivity index is 1.75. The van der Waals surface area contributed by atoms with Crippen molar-refractivity contribution in [3.63, 3.8) is 0 Å². The summed E-state index contributed by atoms with van der Waals surface area (Å²) in [4.78, 5) is 14.1. The maximum absolute atomic E-state index is 12.3. The Bertz CT molecular complexity index is 542. The summed E-state index contributed by atoms with van der Waals surface area (Å²) in [5.74, 6) is 0.743. The van der Waals surface area contributed by atoms with E-state index < -0.39 is 6.10 Å². The first kappa shape index (κ1) is 14.1. The smallest absolute Gasteiger partial charge is 0.266 e. The molecule has 1 fully saturated rings. The third-order valence-corrected chi connectivity index (χ3v) is 3.82. The normalized spacial score (nSPS) is 27.5. The maximum atomic E-state index is 12.3. The quantitative estimate of drug-likeness (QED) is 0.611. The fourth-order valence-electron chi connectivity index (χ4n) is 2.83. The molecule has 5 heteroatoms. The molecule has 21 heavy (non-hydrogen) atoms. The van der Waals surface area contributed by atoms with Crippen LogP contribution in [0.1, 0.15) is 12.5 Å². The van der Waals surface area contributed by atoms with E-state index in [1.807, 2.05) is 48.2 Å². The minimum Gasteiger partial charge on any atom is -0.483 e. The minimum absolute atomic E-state index is 0.0160. The molecule has 0 aliphatic carbocycles. The van der Waals surface area contributed by atoms with Crippen molar-refractivity contribution in [3.8, 4) is 0 Å². The van der Waals surface area contributed by atoms with Crippen molar-refractivity contribution in [3.05, 3.63) is 47.7 Å². The predicted octanol–water partition coefficient (Wildman–Crippen LogP) is 1.69. The zero-order chi connectivity index (χ0) is 14.8. The van der Waals surface area contributed by atoms with E-state index in [1.54, 1.807) is 7.11 Å². The number of likely N-dealkylation sites (tertiary alicyclic amines) is 1. The Labute approximate surface area is 124 Å². The van der Waals surface area contributed by atoms with Gasteiger partial charge in [0.25, 0.3) is 5.91 Å². The van der Waals surface area contributed by atoms with Gasteiger partial charge in [0.15, 0.2) is 6.10 Å². The van der Waals surface area contributed by atoms with Gasteiger partial charge in [0.2, 0.25) is 0 Å². The van der Waals surface area contributed by atoms with Gasteiger partial charge in [-0.05, 0) is 18.6 Å². The molecule has 1 aromatic carbocycles. The first-order valence-electron chi connectivity index (χ1n) is 7.00. The van der Waals surface area contributed by atoms with Gasteiger partial charge in [-0.1, -0.05) is 30.3 Å². The second kappa shape index (κ2) is 5.87. The molecular weight excluding hydrogens is 270 g/mol. The molecule has 2 heterocycles. The molecule has 0 unspecified atom stereocenters. The second-order valence-corrected chi connectivity index (χ2v) is 5.30. The van der Waals surface area contributed by atoms with Gasteiger partial charge in [0, 0.05) is 13.7 Å². The Morgan fingerprint density at radius 2 is 2.05 bits per heavy atom. The van der Waals surface area contributed by atoms with Crippen molar-refractivity contribution in [2.45, 2.75) is 31.7 Å². The lowest BCUT2D eigenvalue weighted by Crippen LogP contribution is -2.70. The number of methoxy groups -OCH3 is 1. The van der Waals surface area contributed by atoms with E-state index in [1.165, 1.54) is 0 Å². The van der Waals surface area contributed by atoms with Crippen LogP contribution in [0.4, 0.5) is 0 Å². The van der Waals surface area contributed by atoms with Crippen molar-refractivity contribution in [1.29, 1.82) is 0 Å². The number of benzene rings is 1. The number of allylic oxidation sites excluding steroid dienone is 1. The fourth-order valence-corrected chi connectivity index (χ4v) is 2.83. The standard InChI is InChI=1S/C16H19NO4/c1-11-8-13(20-10-19-2)14-15(21-11)16(18)17(14)9-12-6-4-3-5-7-12/h3-8,13-15H,9-10H2,1-2H3/t13-,14-,15+/m1/s1. The number of nitrogens with zero attached hydrogens (tertiary/aromatic N) is 1. The number of hydrogen-bond donors (Lipinski definition) is 0. The van der Waals surface area contributed by atoms with E-state index in [4.69, 9.17) is 14.2 Å². The number of ether oxygens (including phenoxy) is 3. The number of carbonyl (C=O) groups is 1. The van der Waals surface area contributed by atoms with Crippen molar-refractivity contribution in [2.24, 2.45) is 0 Å². The number of fused-ring (bicyclic) bond motifs is 1. The van der Waals surface area contributed by atoms with Crippen molar-refractivity contribution >= 4 is 5.91 Å². The summed E-state index contributed by atoms with van der Waals surface area (Å²) >= 11 is 0. The van der Waals surface area contributed by atoms with E-state index in [9.17, 15) is 4.79 Å². The highest BCUT2D eigenvalue weighted by atomic mass is 16.7. The molecule has 0 aromatic heterocycles. The van der Waals surface area contributed by atoms with Gasteiger partial charge in [-0.25, -0.2) is 0 Å². The Morgan fingerprint density at radius 1 is 1.29 bits per heavy atom. The van der Waals surface area contributed by atoms with Crippen LogP contribution in [-0.2, 0) is 25.5 Å². The van der Waals surface area contributed by atoms with Crippen LogP contribution < -0.4 is 0 Å². The van der Waals surface area contributed by atoms with Crippen molar-refractivity contribution in [1.82, 2.24) is 4.90 Å². The third kappa shape index (κ3) is 2.66. The van der Waals surface area contributed by atoms with E-state index in [0.717, 1.165) is 11.3 Å². The molecule has 0 radical (unpaired) electrons. The molecule has 0 saturated carbocycles. The molecule has 5 nitrogen and oxygen atoms in total. The first-order valence-corrected chi connectivity index (χ1v) is 7.00. The highest BCUT2D eigenvalue weighted by molar-refractivity contribution is 5.89. The number of amides is 1. The SMILES string of the molecule is COCO[C@@H]1C=C(C)O[C@@H]2C(=O)N(Cc3ccccc3)[C@@H]21. The summed E-state index contributed by atoms with van der Waals surface area (Å²) in [6, 6.07) is 9.84. The molecule has 2 aliphatic heterocycles. The highest BCUT2D eigenvalue weighted by Gasteiger charge is 2.54. The largest absolute Gasteiger partial charge is 0.483 e. The zero-order valence-corrected chi connectivity index (χ0v) is 12.2. The topological polar surface area (TPSA) is 48.0 Å². The van der Waals surface area contributed by atoms with Gasteiger partial charge in [0.05, 0.1) is 5.76 Å². The Hall–Kier alpha value is -1.85. The predicted molar refractivity (Wildman–Crippen MR) is 76.2 cm³/mol. The number of rotatable bonds is 5. The van der Waals surface area contributed by atoms with Crippen LogP contribution in [0.15, 0.2) is 42.2 Å². The fraction of sp³-hybridized carbons (Fsp3) is 0.438. The third-order valence-electron chi connectivity index (χ3n) is 3.82. The van der Waals surface area contributed by atoms with Gasteiger partial charge in [-0.3, -0.25) is 4.79 Å². The summed E-state index contributed by atoms with van der Waals surface area (Å²) in [7, 11) is 1.58. The molecule has 0 N–H and O–H groups in total. The number of hydrogen-bond acceptors (Lipinski definition) is 4. The number of β-lactam (4-membered cyclic amide) rings is 1. The van der Waals surface area contributed by atoms with Crippen LogP contribution in [-0.4, -0.2) is 43.0 Å². The molecule has 0 spiro atoms. The zero-order valence-electron chi connectivity index (χ0n) is 12.2. The minimum atomic E-state index is -0.430. The van der Waals surface area contributed by atoms with Crippen LogP contribution in [0, 0.1) is 0 Å². The van der Waals surface area contributed by atoms with Gasteiger partial charge in [-0.2, -0.15) is 0 Å². The molecule has 0 bridgehead atoms. The first-order chi connectivity index (χ1) is 10.2. The van der Waals surface area contributed by atoms with Gasteiger partial charge in [-0.15, -0.1) is 0 Å². The molecule has 112 valence electrons. The maximum Gasteiger partial charge on any atom is 0.266 e. The lowest BCUT2D eigenvalue weighted by molar-refractivity contribution is -0.192. The van der Waals surface area contributed by atoms with Crippen molar-refractivity contribution in [2.75, 3.05) is 13.9 Å². The molecule has 3 atom stereocenters. The van der Waals surface area contributed by atoms with E-state index >= 15 is 0 Å². The van der Waals surface area contributed by atoms with Crippen LogP contribution in [0.5, 0.6) is 0 Å². The van der Waals surface area contributed by atoms with Crippen LogP contribution in [0.2, 0.25) is 0 Å². The lowest BCUT2D eigenvalue weighted by Gasteiger charge is -2.51.